The first kappa shape index (κ1) is 15.8. The summed E-state index contributed by atoms with van der Waals surface area (Å²) in [5.74, 6) is 0.780. The van der Waals surface area contributed by atoms with Crippen LogP contribution in [0, 0.1) is 0 Å². The third-order valence-electron chi connectivity index (χ3n) is 2.93. The minimum absolute atomic E-state index is 0.280. The number of nitrogen functional groups attached to an aromatic ring is 1. The lowest BCUT2D eigenvalue weighted by Crippen LogP contribution is -2.06. The zero-order valence-electron chi connectivity index (χ0n) is 11.6. The van der Waals surface area contributed by atoms with E-state index >= 15 is 0 Å². The maximum atomic E-state index is 11.4. The topological polar surface area (TPSA) is 82.3 Å². The summed E-state index contributed by atoms with van der Waals surface area (Å²) in [6.45, 7) is 1.86. The highest BCUT2D eigenvalue weighted by atomic mass is 79.9. The van der Waals surface area contributed by atoms with Crippen LogP contribution in [0.2, 0.25) is 0 Å². The Morgan fingerprint density at radius 3 is 2.48 bits per heavy atom. The highest BCUT2D eigenvalue weighted by Crippen LogP contribution is 2.28. The molecular formula is C14H15BrN2O3S. The van der Waals surface area contributed by atoms with Crippen molar-refractivity contribution in [2.24, 2.45) is 0 Å². The molecule has 21 heavy (non-hydrogen) atoms. The van der Waals surface area contributed by atoms with E-state index in [2.05, 4.69) is 20.9 Å². The molecule has 1 unspecified atom stereocenters. The summed E-state index contributed by atoms with van der Waals surface area (Å²) in [6, 6.07) is 8.31. The van der Waals surface area contributed by atoms with Crippen molar-refractivity contribution in [1.82, 2.24) is 4.98 Å². The first-order chi connectivity index (χ1) is 9.77. The molecule has 0 saturated carbocycles. The maximum Gasteiger partial charge on any atom is 0.175 e. The molecule has 5 nitrogen and oxygen atoms in total. The molecule has 1 heterocycles. The fraction of sp³-hybridized carbons (Fsp3) is 0.214. The number of nitrogens with two attached hydrogens (primary N) is 1. The minimum atomic E-state index is -3.19. The van der Waals surface area contributed by atoms with Gasteiger partial charge in [0.25, 0.3) is 0 Å². The van der Waals surface area contributed by atoms with E-state index in [1.54, 1.807) is 36.5 Å². The van der Waals surface area contributed by atoms with Gasteiger partial charge >= 0.3 is 0 Å². The lowest BCUT2D eigenvalue weighted by molar-refractivity contribution is 0.227. The van der Waals surface area contributed by atoms with Crippen LogP contribution in [0.5, 0.6) is 5.75 Å². The number of aromatic nitrogens is 1. The van der Waals surface area contributed by atoms with Gasteiger partial charge in [-0.3, -0.25) is 0 Å². The lowest BCUT2D eigenvalue weighted by Gasteiger charge is -2.16. The van der Waals surface area contributed by atoms with Crippen LogP contribution in [0.25, 0.3) is 0 Å². The van der Waals surface area contributed by atoms with Crippen molar-refractivity contribution < 1.29 is 13.2 Å². The van der Waals surface area contributed by atoms with Gasteiger partial charge in [0.2, 0.25) is 0 Å². The predicted molar refractivity (Wildman–Crippen MR) is 84.9 cm³/mol. The van der Waals surface area contributed by atoms with Gasteiger partial charge in [0.1, 0.15) is 6.10 Å². The summed E-state index contributed by atoms with van der Waals surface area (Å²) < 4.78 is 29.4. The van der Waals surface area contributed by atoms with Gasteiger partial charge in [-0.1, -0.05) is 12.1 Å². The minimum Gasteiger partial charge on any atom is -0.482 e. The Kier molecular flexibility index (Phi) is 4.53. The lowest BCUT2D eigenvalue weighted by atomic mass is 10.1. The summed E-state index contributed by atoms with van der Waals surface area (Å²) in [5, 5.41) is 0. The number of pyridine rings is 1. The number of hydrogen-bond acceptors (Lipinski definition) is 5. The number of ether oxygens (including phenoxy) is 1. The highest BCUT2D eigenvalue weighted by Gasteiger charge is 2.12. The number of halogens is 1. The number of rotatable bonds is 4. The molecule has 2 aromatic rings. The number of hydrogen-bond donors (Lipinski definition) is 1. The zero-order chi connectivity index (χ0) is 15.6. The van der Waals surface area contributed by atoms with Crippen molar-refractivity contribution in [3.63, 3.8) is 0 Å². The largest absolute Gasteiger partial charge is 0.482 e. The molecule has 0 radical (unpaired) electrons. The van der Waals surface area contributed by atoms with E-state index < -0.39 is 9.84 Å². The van der Waals surface area contributed by atoms with Gasteiger partial charge < -0.3 is 10.5 Å². The van der Waals surface area contributed by atoms with Crippen LogP contribution in [0.4, 0.5) is 5.82 Å². The molecule has 1 aromatic heterocycles. The van der Waals surface area contributed by atoms with E-state index in [9.17, 15) is 8.42 Å². The third kappa shape index (κ3) is 3.95. The molecule has 112 valence electrons. The van der Waals surface area contributed by atoms with Crippen molar-refractivity contribution in [1.29, 1.82) is 0 Å². The monoisotopic (exact) mass is 370 g/mol. The second-order valence-corrected chi connectivity index (χ2v) is 7.57. The van der Waals surface area contributed by atoms with E-state index in [0.29, 0.717) is 11.6 Å². The first-order valence-corrected chi connectivity index (χ1v) is 8.83. The fourth-order valence-corrected chi connectivity index (χ4v) is 2.71. The molecule has 0 amide bonds. The molecule has 2 rings (SSSR count). The van der Waals surface area contributed by atoms with Crippen molar-refractivity contribution in [3.8, 4) is 5.75 Å². The molecule has 7 heteroatoms. The van der Waals surface area contributed by atoms with Crippen LogP contribution in [0.15, 0.2) is 45.9 Å². The summed E-state index contributed by atoms with van der Waals surface area (Å²) in [5.41, 5.74) is 6.61. The van der Waals surface area contributed by atoms with Gasteiger partial charge in [0.05, 0.1) is 4.90 Å². The standard InChI is InChI=1S/C14H15BrN2O3S/c1-9(20-13-7-11(15)8-17-14(13)16)10-3-5-12(6-4-10)21(2,18)19/h3-9H,1-2H3,(H2,16,17). The predicted octanol–water partition coefficient (Wildman–Crippen LogP) is 2.97. The summed E-state index contributed by atoms with van der Waals surface area (Å²) in [4.78, 5) is 4.28. The second kappa shape index (κ2) is 6.03. The zero-order valence-corrected chi connectivity index (χ0v) is 14.0. The molecule has 0 bridgehead atoms. The molecule has 1 aromatic carbocycles. The van der Waals surface area contributed by atoms with Crippen LogP contribution in [0.3, 0.4) is 0 Å². The van der Waals surface area contributed by atoms with Gasteiger partial charge in [-0.25, -0.2) is 13.4 Å². The van der Waals surface area contributed by atoms with Gasteiger partial charge in [0, 0.05) is 16.9 Å². The molecule has 0 aliphatic heterocycles. The number of anilines is 1. The number of nitrogens with zero attached hydrogens (tertiary/aromatic N) is 1. The van der Waals surface area contributed by atoms with Gasteiger partial charge in [-0.15, -0.1) is 0 Å². The van der Waals surface area contributed by atoms with Crippen LogP contribution in [-0.2, 0) is 9.84 Å². The highest BCUT2D eigenvalue weighted by molar-refractivity contribution is 9.10. The third-order valence-corrected chi connectivity index (χ3v) is 4.49. The summed E-state index contributed by atoms with van der Waals surface area (Å²) in [7, 11) is -3.19. The first-order valence-electron chi connectivity index (χ1n) is 6.15. The quantitative estimate of drug-likeness (QED) is 0.894. The van der Waals surface area contributed by atoms with E-state index in [1.165, 1.54) is 6.26 Å². The van der Waals surface area contributed by atoms with E-state index in [0.717, 1.165) is 10.0 Å². The Labute approximate surface area is 132 Å². The van der Waals surface area contributed by atoms with Crippen molar-refractivity contribution in [2.45, 2.75) is 17.9 Å². The van der Waals surface area contributed by atoms with Gasteiger partial charge in [0.15, 0.2) is 21.4 Å². The van der Waals surface area contributed by atoms with E-state index in [-0.39, 0.29) is 11.0 Å². The van der Waals surface area contributed by atoms with Gasteiger partial charge in [-0.05, 0) is 46.6 Å². The molecule has 0 saturated heterocycles. The van der Waals surface area contributed by atoms with Crippen LogP contribution < -0.4 is 10.5 Å². The Morgan fingerprint density at radius 2 is 1.90 bits per heavy atom. The second-order valence-electron chi connectivity index (χ2n) is 4.64. The molecule has 0 fully saturated rings. The van der Waals surface area contributed by atoms with Crippen molar-refractivity contribution >= 4 is 31.6 Å². The Morgan fingerprint density at radius 1 is 1.29 bits per heavy atom. The Balaban J connectivity index is 2.20. The Hall–Kier alpha value is -1.60. The van der Waals surface area contributed by atoms with Crippen LogP contribution in [-0.4, -0.2) is 19.7 Å². The van der Waals surface area contributed by atoms with Crippen molar-refractivity contribution in [3.05, 3.63) is 46.6 Å². The maximum absolute atomic E-state index is 11.4. The summed E-state index contributed by atoms with van der Waals surface area (Å²) >= 11 is 3.31. The van der Waals surface area contributed by atoms with E-state index in [1.807, 2.05) is 6.92 Å². The fourth-order valence-electron chi connectivity index (χ4n) is 1.77. The number of sulfone groups is 1. The molecule has 0 aliphatic carbocycles. The average molecular weight is 371 g/mol. The van der Waals surface area contributed by atoms with Crippen LogP contribution >= 0.6 is 15.9 Å². The van der Waals surface area contributed by atoms with Crippen molar-refractivity contribution in [2.75, 3.05) is 12.0 Å². The molecule has 0 aliphatic rings. The van der Waals surface area contributed by atoms with Crippen LogP contribution in [0.1, 0.15) is 18.6 Å². The van der Waals surface area contributed by atoms with E-state index in [4.69, 9.17) is 10.5 Å². The number of benzene rings is 1. The molecule has 0 spiro atoms. The SMILES string of the molecule is CC(Oc1cc(Br)cnc1N)c1ccc(S(C)(=O)=O)cc1. The normalized spacial score (nSPS) is 12.9. The Bertz CT molecular complexity index is 745. The smallest absolute Gasteiger partial charge is 0.175 e. The van der Waals surface area contributed by atoms with Gasteiger partial charge in [-0.2, -0.15) is 0 Å². The molecule has 1 atom stereocenters. The molecule has 2 N–H and O–H groups in total. The molecular weight excluding hydrogens is 356 g/mol. The average Bonchev–Trinajstić information content (AvgIpc) is 2.42. The summed E-state index contributed by atoms with van der Waals surface area (Å²) in [6.07, 6.45) is 2.49.